The first-order chi connectivity index (χ1) is 29.1. The van der Waals surface area contributed by atoms with Crippen molar-refractivity contribution in [2.45, 2.75) is 26.2 Å². The van der Waals surface area contributed by atoms with E-state index >= 15 is 4.79 Å². The van der Waals surface area contributed by atoms with Crippen LogP contribution in [-0.4, -0.2) is 38.9 Å². The van der Waals surface area contributed by atoms with Crippen LogP contribution in [0.3, 0.4) is 0 Å². The molecule has 306 valence electrons. The van der Waals surface area contributed by atoms with Crippen molar-refractivity contribution in [2.75, 3.05) is 14.2 Å². The lowest BCUT2D eigenvalue weighted by Crippen LogP contribution is -2.18. The van der Waals surface area contributed by atoms with E-state index in [4.69, 9.17) is 36.6 Å². The van der Waals surface area contributed by atoms with Crippen molar-refractivity contribution in [3.05, 3.63) is 167 Å². The third kappa shape index (κ3) is 10.1. The van der Waals surface area contributed by atoms with E-state index in [0.717, 1.165) is 0 Å². The van der Waals surface area contributed by atoms with Crippen LogP contribution in [0.25, 0.3) is 0 Å². The second kappa shape index (κ2) is 19.8. The lowest BCUT2D eigenvalue weighted by Gasteiger charge is -2.28. The predicted octanol–water partition coefficient (Wildman–Crippen LogP) is 11.2. The predicted molar refractivity (Wildman–Crippen MR) is 228 cm³/mol. The highest BCUT2D eigenvalue weighted by Crippen LogP contribution is 2.52. The molecule has 0 spiro atoms. The molecular formula is C46H40O12P2. The highest BCUT2D eigenvalue weighted by atomic mass is 31.2. The van der Waals surface area contributed by atoms with Crippen LogP contribution in [-0.2, 0) is 5.41 Å². The molecule has 0 saturated carbocycles. The number of benzene rings is 6. The van der Waals surface area contributed by atoms with Crippen molar-refractivity contribution in [3.8, 4) is 46.0 Å². The fourth-order valence-corrected chi connectivity index (χ4v) is 8.04. The smallest absolute Gasteiger partial charge is 0.496 e. The Morgan fingerprint density at radius 3 is 1.28 bits per heavy atom. The molecule has 0 radical (unpaired) electrons. The van der Waals surface area contributed by atoms with E-state index in [0.29, 0.717) is 35.9 Å². The topological polar surface area (TPSA) is 142 Å². The molecule has 0 fully saturated rings. The summed E-state index contributed by atoms with van der Waals surface area (Å²) in [5.74, 6) is 1.19. The zero-order valence-electron chi connectivity index (χ0n) is 33.2. The quantitative estimate of drug-likeness (QED) is 0.0435. The number of hydrogen-bond acceptors (Lipinski definition) is 12. The standard InChI is InChI=1S/C46H40O12P2/c1-46(2,3)43-42(52-5)27-26-35(45(43)58-60(55-38-22-12-8-18-33(38)30-49)57-41-25-15-14-24-40(41)51-4)44(50)34-19-9-13-23-39(34)56-59(53-36-20-10-6-16-31(36)28-47)54-37-21-11-7-17-32(37)29-48/h6-30H,1-5H3. The van der Waals surface area contributed by atoms with E-state index in [2.05, 4.69) is 0 Å². The summed E-state index contributed by atoms with van der Waals surface area (Å²) in [7, 11) is -1.94. The first-order valence-corrected chi connectivity index (χ1v) is 20.6. The molecule has 0 amide bonds. The number of hydrogen-bond donors (Lipinski definition) is 0. The molecule has 6 rings (SSSR count). The van der Waals surface area contributed by atoms with E-state index in [1.165, 1.54) is 14.2 Å². The number of methoxy groups -OCH3 is 2. The minimum atomic E-state index is -2.48. The summed E-state index contributed by atoms with van der Waals surface area (Å²) in [6, 6.07) is 36.2. The summed E-state index contributed by atoms with van der Waals surface area (Å²) < 4.78 is 49.5. The molecule has 0 aliphatic heterocycles. The Hall–Kier alpha value is -6.74. The molecule has 12 nitrogen and oxygen atoms in total. The van der Waals surface area contributed by atoms with Crippen LogP contribution >= 0.6 is 17.2 Å². The van der Waals surface area contributed by atoms with E-state index in [9.17, 15) is 14.4 Å². The maximum absolute atomic E-state index is 15.1. The van der Waals surface area contributed by atoms with Gasteiger partial charge in [0, 0.05) is 5.56 Å². The summed E-state index contributed by atoms with van der Waals surface area (Å²) in [5.41, 5.74) is 0.698. The minimum absolute atomic E-state index is 0.0588. The fourth-order valence-electron chi connectivity index (χ4n) is 5.86. The highest BCUT2D eigenvalue weighted by Gasteiger charge is 2.35. The summed E-state index contributed by atoms with van der Waals surface area (Å²) >= 11 is 0. The molecule has 0 saturated heterocycles. The molecule has 6 aromatic carbocycles. The third-order valence-electron chi connectivity index (χ3n) is 8.70. The largest absolute Gasteiger partial charge is 0.530 e. The number of ether oxygens (including phenoxy) is 2. The maximum atomic E-state index is 15.1. The number of carbonyl (C=O) groups excluding carboxylic acids is 4. The second-order valence-corrected chi connectivity index (χ2v) is 15.7. The summed E-state index contributed by atoms with van der Waals surface area (Å²) in [6.45, 7) is 5.81. The van der Waals surface area contributed by atoms with Gasteiger partial charge in [0.1, 0.15) is 34.5 Å². The molecular weight excluding hydrogens is 806 g/mol. The monoisotopic (exact) mass is 846 g/mol. The van der Waals surface area contributed by atoms with Gasteiger partial charge in [0.2, 0.25) is 5.78 Å². The SMILES string of the molecule is COc1ccccc1OP(Oc1ccccc1C=O)Oc1c(C(=O)c2ccccc2OP(Oc2ccccc2C=O)Oc2ccccc2C=O)ccc(OC)c1C(C)(C)C. The van der Waals surface area contributed by atoms with Crippen LogP contribution in [0.1, 0.15) is 73.3 Å². The van der Waals surface area contributed by atoms with E-state index < -0.39 is 28.4 Å². The van der Waals surface area contributed by atoms with Crippen LogP contribution in [0.4, 0.5) is 0 Å². The molecule has 1 unspecified atom stereocenters. The molecule has 1 atom stereocenters. The van der Waals surface area contributed by atoms with E-state index in [1.54, 1.807) is 133 Å². The molecule has 0 aliphatic carbocycles. The van der Waals surface area contributed by atoms with Gasteiger partial charge in [0.15, 0.2) is 30.4 Å². The van der Waals surface area contributed by atoms with Crippen LogP contribution in [0.5, 0.6) is 46.0 Å². The Morgan fingerprint density at radius 1 is 0.433 bits per heavy atom. The summed E-state index contributed by atoms with van der Waals surface area (Å²) in [5, 5.41) is 0. The molecule has 0 heterocycles. The van der Waals surface area contributed by atoms with Crippen molar-refractivity contribution in [1.29, 1.82) is 0 Å². The Bertz CT molecular complexity index is 2430. The van der Waals surface area contributed by atoms with Gasteiger partial charge in [-0.05, 0) is 78.2 Å². The first-order valence-electron chi connectivity index (χ1n) is 18.4. The molecule has 6 aromatic rings. The number of ketones is 1. The van der Waals surface area contributed by atoms with Gasteiger partial charge < -0.3 is 36.6 Å². The van der Waals surface area contributed by atoms with Crippen LogP contribution < -0.4 is 36.6 Å². The van der Waals surface area contributed by atoms with Crippen molar-refractivity contribution < 1.29 is 55.8 Å². The summed E-state index contributed by atoms with van der Waals surface area (Å²) in [6.07, 6.45) is 1.91. The third-order valence-corrected chi connectivity index (χ3v) is 10.8. The van der Waals surface area contributed by atoms with Crippen molar-refractivity contribution >= 4 is 41.8 Å². The number of aldehydes is 3. The summed E-state index contributed by atoms with van der Waals surface area (Å²) in [4.78, 5) is 51.0. The zero-order valence-corrected chi connectivity index (χ0v) is 35.0. The fraction of sp³-hybridized carbons (Fsp3) is 0.130. The van der Waals surface area contributed by atoms with Gasteiger partial charge in [-0.1, -0.05) is 81.4 Å². The normalized spacial score (nSPS) is 11.4. The van der Waals surface area contributed by atoms with Gasteiger partial charge in [-0.25, -0.2) is 0 Å². The molecule has 0 aromatic heterocycles. The van der Waals surface area contributed by atoms with E-state index in [1.807, 2.05) is 20.8 Å². The first kappa shape index (κ1) is 42.9. The van der Waals surface area contributed by atoms with Gasteiger partial charge in [-0.15, -0.1) is 0 Å². The molecule has 0 aliphatic rings. The van der Waals surface area contributed by atoms with E-state index in [-0.39, 0.29) is 62.3 Å². The number of para-hydroxylation sites is 6. The van der Waals surface area contributed by atoms with Gasteiger partial charge in [0.05, 0.1) is 42.0 Å². The highest BCUT2D eigenvalue weighted by molar-refractivity contribution is 7.43. The number of carbonyl (C=O) groups is 4. The molecule has 14 heteroatoms. The lowest BCUT2D eigenvalue weighted by atomic mass is 9.83. The van der Waals surface area contributed by atoms with Crippen LogP contribution in [0, 0.1) is 0 Å². The molecule has 0 N–H and O–H groups in total. The average molecular weight is 847 g/mol. The Morgan fingerprint density at radius 2 is 0.817 bits per heavy atom. The lowest BCUT2D eigenvalue weighted by molar-refractivity contribution is 0.103. The average Bonchev–Trinajstić information content (AvgIpc) is 3.26. The Labute approximate surface area is 349 Å². The second-order valence-electron chi connectivity index (χ2n) is 13.7. The molecule has 0 bridgehead atoms. The van der Waals surface area contributed by atoms with Crippen LogP contribution in [0.15, 0.2) is 133 Å². The molecule has 60 heavy (non-hydrogen) atoms. The Kier molecular flexibility index (Phi) is 14.1. The zero-order chi connectivity index (χ0) is 42.6. The maximum Gasteiger partial charge on any atom is 0.530 e. The Balaban J connectivity index is 1.46. The minimum Gasteiger partial charge on any atom is -0.496 e. The van der Waals surface area contributed by atoms with Gasteiger partial charge in [-0.2, -0.15) is 0 Å². The van der Waals surface area contributed by atoms with Crippen molar-refractivity contribution in [1.82, 2.24) is 0 Å². The van der Waals surface area contributed by atoms with Gasteiger partial charge >= 0.3 is 17.2 Å². The number of rotatable bonds is 19. The van der Waals surface area contributed by atoms with Gasteiger partial charge in [0.25, 0.3) is 0 Å². The van der Waals surface area contributed by atoms with Crippen molar-refractivity contribution in [3.63, 3.8) is 0 Å². The van der Waals surface area contributed by atoms with Gasteiger partial charge in [-0.3, -0.25) is 19.2 Å². The van der Waals surface area contributed by atoms with Crippen molar-refractivity contribution in [2.24, 2.45) is 0 Å². The van der Waals surface area contributed by atoms with Crippen LogP contribution in [0.2, 0.25) is 0 Å².